The van der Waals surface area contributed by atoms with Gasteiger partial charge < -0.3 is 11.1 Å². The van der Waals surface area contributed by atoms with E-state index in [-0.39, 0.29) is 29.4 Å². The Morgan fingerprint density at radius 2 is 2.27 bits per heavy atom. The first kappa shape index (κ1) is 5.90. The van der Waals surface area contributed by atoms with E-state index in [2.05, 4.69) is 10.3 Å². The van der Waals surface area contributed by atoms with Gasteiger partial charge in [-0.05, 0) is 18.9 Å². The predicted octanol–water partition coefficient (Wildman–Crippen LogP) is 1.13. The minimum atomic E-state index is -2.34. The fourth-order valence-corrected chi connectivity index (χ4v) is 0.827. The number of hydrogen-bond donors (Lipinski definition) is 3. The van der Waals surface area contributed by atoms with Crippen LogP contribution in [-0.2, 0) is 6.37 Å². The van der Waals surface area contributed by atoms with E-state index in [0.717, 1.165) is 0 Å². The van der Waals surface area contributed by atoms with Crippen molar-refractivity contribution < 1.29 is 6.85 Å². The largest absolute Gasteiger partial charge is 0.370 e. The molecule has 0 saturated heterocycles. The van der Waals surface area contributed by atoms with Crippen molar-refractivity contribution in [2.24, 2.45) is 10.7 Å². The van der Waals surface area contributed by atoms with Crippen LogP contribution in [0.3, 0.4) is 0 Å². The molecule has 1 aromatic carbocycles. The molecule has 0 fully saturated rings. The van der Waals surface area contributed by atoms with Crippen molar-refractivity contribution in [1.82, 2.24) is 5.32 Å². The van der Waals surface area contributed by atoms with Crippen LogP contribution in [0.2, 0.25) is 0 Å². The van der Waals surface area contributed by atoms with Crippen LogP contribution in [0.4, 0.5) is 0 Å². The SMILES string of the molecule is [2H]c1cccc([2H])c1C([2H])([2H])C([2H])N=C(N)NC(C)=N. The standard InChI is InChI=1S/C11H16N4/c1-9(12)15-11(13)14-8-7-10-5-3-2-4-6-10/h2-6H,7-8H2,1H3,(H4,12,13,14,15)/i5D,6D,7D2,8D. The number of hydrogen-bond acceptors (Lipinski definition) is 2. The van der Waals surface area contributed by atoms with E-state index in [9.17, 15) is 0 Å². The summed E-state index contributed by atoms with van der Waals surface area (Å²) in [5.74, 6) is -0.239. The molecular weight excluding hydrogens is 188 g/mol. The molecule has 1 unspecified atom stereocenters. The van der Waals surface area contributed by atoms with Crippen molar-refractivity contribution in [2.75, 3.05) is 6.52 Å². The van der Waals surface area contributed by atoms with Crippen LogP contribution in [-0.4, -0.2) is 18.3 Å². The van der Waals surface area contributed by atoms with Gasteiger partial charge in [-0.15, -0.1) is 0 Å². The van der Waals surface area contributed by atoms with Crippen LogP contribution in [0.15, 0.2) is 35.3 Å². The third kappa shape index (κ3) is 4.81. The van der Waals surface area contributed by atoms with Crippen molar-refractivity contribution in [3.05, 3.63) is 35.8 Å². The number of benzene rings is 1. The quantitative estimate of drug-likeness (QED) is 0.515. The van der Waals surface area contributed by atoms with Gasteiger partial charge in [-0.3, -0.25) is 10.4 Å². The molecule has 0 aliphatic rings. The Morgan fingerprint density at radius 3 is 2.87 bits per heavy atom. The number of nitrogens with zero attached hydrogens (tertiary/aromatic N) is 1. The predicted molar refractivity (Wildman–Crippen MR) is 63.2 cm³/mol. The molecule has 0 saturated carbocycles. The Bertz CT molecular complexity index is 523. The summed E-state index contributed by atoms with van der Waals surface area (Å²) in [4.78, 5) is 3.61. The maximum Gasteiger partial charge on any atom is 0.194 e. The first-order valence-corrected chi connectivity index (χ1v) is 4.30. The highest BCUT2D eigenvalue weighted by Gasteiger charge is 1.92. The maximum atomic E-state index is 7.93. The second-order valence-corrected chi connectivity index (χ2v) is 2.73. The van der Waals surface area contributed by atoms with Gasteiger partial charge in [0.1, 0.15) is 0 Å². The second-order valence-electron chi connectivity index (χ2n) is 2.73. The molecule has 4 nitrogen and oxygen atoms in total. The van der Waals surface area contributed by atoms with Crippen LogP contribution in [0, 0.1) is 5.41 Å². The topological polar surface area (TPSA) is 74.3 Å². The van der Waals surface area contributed by atoms with Crippen molar-refractivity contribution in [3.63, 3.8) is 0 Å². The first-order valence-electron chi connectivity index (χ1n) is 6.88. The van der Waals surface area contributed by atoms with Gasteiger partial charge in [-0.2, -0.15) is 0 Å². The third-order valence-corrected chi connectivity index (χ3v) is 1.38. The lowest BCUT2D eigenvalue weighted by Gasteiger charge is -2.02. The zero-order valence-corrected chi connectivity index (χ0v) is 8.33. The van der Waals surface area contributed by atoms with Crippen LogP contribution >= 0.6 is 0 Å². The van der Waals surface area contributed by atoms with Gasteiger partial charge in [0.05, 0.1) is 9.95 Å². The first-order chi connectivity index (χ1) is 9.16. The van der Waals surface area contributed by atoms with Crippen molar-refractivity contribution >= 4 is 11.8 Å². The van der Waals surface area contributed by atoms with Crippen molar-refractivity contribution in [3.8, 4) is 0 Å². The average Bonchev–Trinajstić information content (AvgIpc) is 2.26. The summed E-state index contributed by atoms with van der Waals surface area (Å²) in [6, 6.07) is 3.85. The molecule has 15 heavy (non-hydrogen) atoms. The Kier molecular flexibility index (Phi) is 2.28. The van der Waals surface area contributed by atoms with Crippen LogP contribution in [0.5, 0.6) is 0 Å². The molecule has 1 rings (SSSR count). The fourth-order valence-electron chi connectivity index (χ4n) is 0.827. The van der Waals surface area contributed by atoms with Gasteiger partial charge >= 0.3 is 0 Å². The zero-order chi connectivity index (χ0) is 15.5. The van der Waals surface area contributed by atoms with Gasteiger partial charge in [0.15, 0.2) is 5.96 Å². The summed E-state index contributed by atoms with van der Waals surface area (Å²) in [6.45, 7) is -0.221. The molecule has 4 heteroatoms. The van der Waals surface area contributed by atoms with Crippen molar-refractivity contribution in [2.45, 2.75) is 13.3 Å². The molecule has 80 valence electrons. The minimum Gasteiger partial charge on any atom is -0.370 e. The zero-order valence-electron chi connectivity index (χ0n) is 13.3. The molecule has 0 aliphatic carbocycles. The third-order valence-electron chi connectivity index (χ3n) is 1.38. The van der Waals surface area contributed by atoms with E-state index in [1.807, 2.05) is 0 Å². The van der Waals surface area contributed by atoms with Gasteiger partial charge in [0, 0.05) is 9.26 Å². The molecule has 0 amide bonds. The van der Waals surface area contributed by atoms with Crippen LogP contribution in [0.25, 0.3) is 0 Å². The van der Waals surface area contributed by atoms with E-state index in [0.29, 0.717) is 0 Å². The number of rotatable bonds is 3. The summed E-state index contributed by atoms with van der Waals surface area (Å²) in [5, 5.41) is 9.53. The number of amidine groups is 1. The molecule has 0 radical (unpaired) electrons. The lowest BCUT2D eigenvalue weighted by atomic mass is 10.2. The second kappa shape index (κ2) is 5.80. The molecule has 1 atom stereocenters. The molecule has 0 spiro atoms. The van der Waals surface area contributed by atoms with Gasteiger partial charge in [0.2, 0.25) is 0 Å². The Labute approximate surface area is 96.8 Å². The summed E-state index contributed by atoms with van der Waals surface area (Å²) >= 11 is 0. The van der Waals surface area contributed by atoms with E-state index in [1.54, 1.807) is 0 Å². The van der Waals surface area contributed by atoms with Gasteiger partial charge in [-0.1, -0.05) is 30.3 Å². The molecule has 1 aromatic rings. The highest BCUT2D eigenvalue weighted by Crippen LogP contribution is 1.98. The Morgan fingerprint density at radius 1 is 1.60 bits per heavy atom. The van der Waals surface area contributed by atoms with Gasteiger partial charge in [-0.25, -0.2) is 0 Å². The normalized spacial score (nSPS) is 19.0. The monoisotopic (exact) mass is 209 g/mol. The highest BCUT2D eigenvalue weighted by molar-refractivity contribution is 5.96. The summed E-state index contributed by atoms with van der Waals surface area (Å²) in [6.07, 6.45) is -2.34. The lowest BCUT2D eigenvalue weighted by Crippen LogP contribution is -2.35. The maximum absolute atomic E-state index is 7.93. The highest BCUT2D eigenvalue weighted by atomic mass is 15.1. The van der Waals surface area contributed by atoms with E-state index >= 15 is 0 Å². The molecule has 0 aliphatic heterocycles. The number of nitrogens with two attached hydrogens (primary N) is 1. The van der Waals surface area contributed by atoms with E-state index < -0.39 is 12.9 Å². The van der Waals surface area contributed by atoms with E-state index in [4.69, 9.17) is 18.0 Å². The smallest absolute Gasteiger partial charge is 0.194 e. The molecule has 0 bridgehead atoms. The number of nitrogens with one attached hydrogen (secondary N) is 2. The molecule has 0 aromatic heterocycles. The minimum absolute atomic E-state index is 0.0149. The van der Waals surface area contributed by atoms with E-state index in [1.165, 1.54) is 25.1 Å². The molecule has 0 heterocycles. The Balaban J connectivity index is 3.13. The summed E-state index contributed by atoms with van der Waals surface area (Å²) in [5.41, 5.74) is 5.24. The van der Waals surface area contributed by atoms with Crippen LogP contribution in [0.1, 0.15) is 19.3 Å². The molecule has 4 N–H and O–H groups in total. The Hall–Kier alpha value is -1.84. The number of guanidine groups is 1. The number of aliphatic imine (C=N–C) groups is 1. The average molecular weight is 209 g/mol. The summed E-state index contributed by atoms with van der Waals surface area (Å²) < 4.78 is 39.0. The van der Waals surface area contributed by atoms with Gasteiger partial charge in [0.25, 0.3) is 0 Å². The van der Waals surface area contributed by atoms with Crippen LogP contribution < -0.4 is 11.1 Å². The summed E-state index contributed by atoms with van der Waals surface area (Å²) in [7, 11) is 0. The fraction of sp³-hybridized carbons (Fsp3) is 0.273. The van der Waals surface area contributed by atoms with Crippen molar-refractivity contribution in [1.29, 1.82) is 5.41 Å². The molecular formula is C11H16N4. The lowest BCUT2D eigenvalue weighted by molar-refractivity contribution is 0.955.